The Morgan fingerprint density at radius 1 is 1.59 bits per heavy atom. The Kier molecular flexibility index (Phi) is 5.33. The standard InChI is InChI=1S/C14H18ClN3O4/c1-17(7-13(19)9-2-3-9)8-14(20)16-10-4-5-11(15)12(6-10)18(21)22/h4-6,9,13,19H,2-3,7-8H2,1H3,(H,16,20). The lowest BCUT2D eigenvalue weighted by atomic mass is 10.2. The molecule has 1 unspecified atom stereocenters. The average molecular weight is 328 g/mol. The van der Waals surface area contributed by atoms with Gasteiger partial charge in [0.2, 0.25) is 5.91 Å². The van der Waals surface area contributed by atoms with Gasteiger partial charge in [-0.05, 0) is 37.9 Å². The van der Waals surface area contributed by atoms with Crippen molar-refractivity contribution < 1.29 is 14.8 Å². The predicted molar refractivity (Wildman–Crippen MR) is 83.0 cm³/mol. The Morgan fingerprint density at radius 3 is 2.86 bits per heavy atom. The molecule has 0 aliphatic heterocycles. The van der Waals surface area contributed by atoms with Crippen LogP contribution in [-0.2, 0) is 4.79 Å². The number of aliphatic hydroxyl groups excluding tert-OH is 1. The first-order valence-corrected chi connectivity index (χ1v) is 7.35. The third-order valence-electron chi connectivity index (χ3n) is 3.51. The number of benzene rings is 1. The summed E-state index contributed by atoms with van der Waals surface area (Å²) in [7, 11) is 1.75. The van der Waals surface area contributed by atoms with E-state index in [-0.39, 0.29) is 23.2 Å². The van der Waals surface area contributed by atoms with Crippen LogP contribution in [0.3, 0.4) is 0 Å². The summed E-state index contributed by atoms with van der Waals surface area (Å²) in [6.45, 7) is 0.527. The van der Waals surface area contributed by atoms with Crippen LogP contribution < -0.4 is 5.32 Å². The molecule has 120 valence electrons. The fraction of sp³-hybridized carbons (Fsp3) is 0.500. The summed E-state index contributed by atoms with van der Waals surface area (Å²) < 4.78 is 0. The summed E-state index contributed by atoms with van der Waals surface area (Å²) in [6, 6.07) is 4.10. The molecular weight excluding hydrogens is 310 g/mol. The van der Waals surface area contributed by atoms with E-state index in [1.165, 1.54) is 18.2 Å². The van der Waals surface area contributed by atoms with Gasteiger partial charge in [-0.2, -0.15) is 0 Å². The molecule has 1 amide bonds. The van der Waals surface area contributed by atoms with E-state index in [0.717, 1.165) is 12.8 Å². The molecule has 1 aliphatic carbocycles. The second kappa shape index (κ2) is 7.04. The van der Waals surface area contributed by atoms with Crippen LogP contribution in [0.15, 0.2) is 18.2 Å². The molecular formula is C14H18ClN3O4. The van der Waals surface area contributed by atoms with E-state index in [4.69, 9.17) is 11.6 Å². The first-order valence-electron chi connectivity index (χ1n) is 6.97. The van der Waals surface area contributed by atoms with Crippen molar-refractivity contribution in [2.75, 3.05) is 25.5 Å². The molecule has 0 radical (unpaired) electrons. The van der Waals surface area contributed by atoms with E-state index in [0.29, 0.717) is 18.2 Å². The number of likely N-dealkylation sites (N-methyl/N-ethyl adjacent to an activating group) is 1. The monoisotopic (exact) mass is 327 g/mol. The molecule has 1 aromatic rings. The third kappa shape index (κ3) is 4.66. The van der Waals surface area contributed by atoms with Crippen LogP contribution >= 0.6 is 11.6 Å². The predicted octanol–water partition coefficient (Wildman–Crippen LogP) is 1.89. The maximum atomic E-state index is 11.9. The average Bonchev–Trinajstić information content (AvgIpc) is 3.24. The molecule has 0 heterocycles. The summed E-state index contributed by atoms with van der Waals surface area (Å²) in [5.74, 6) is 0.0477. The highest BCUT2D eigenvalue weighted by Crippen LogP contribution is 2.32. The van der Waals surface area contributed by atoms with Crippen molar-refractivity contribution in [3.63, 3.8) is 0 Å². The number of hydrogen-bond acceptors (Lipinski definition) is 5. The third-order valence-corrected chi connectivity index (χ3v) is 3.82. The minimum absolute atomic E-state index is 0.0210. The van der Waals surface area contributed by atoms with Gasteiger partial charge in [-0.15, -0.1) is 0 Å². The summed E-state index contributed by atoms with van der Waals surface area (Å²) in [5, 5.41) is 23.2. The summed E-state index contributed by atoms with van der Waals surface area (Å²) in [6.07, 6.45) is 1.67. The zero-order chi connectivity index (χ0) is 16.3. The number of carbonyl (C=O) groups excluding carboxylic acids is 1. The highest BCUT2D eigenvalue weighted by atomic mass is 35.5. The number of carbonyl (C=O) groups is 1. The van der Waals surface area contributed by atoms with Crippen molar-refractivity contribution >= 4 is 28.9 Å². The van der Waals surface area contributed by atoms with Gasteiger partial charge in [-0.25, -0.2) is 0 Å². The first-order chi connectivity index (χ1) is 10.4. The molecule has 1 fully saturated rings. The van der Waals surface area contributed by atoms with Crippen LogP contribution in [0.1, 0.15) is 12.8 Å². The van der Waals surface area contributed by atoms with Crippen molar-refractivity contribution in [2.45, 2.75) is 18.9 Å². The van der Waals surface area contributed by atoms with Crippen LogP contribution in [-0.4, -0.2) is 47.1 Å². The van der Waals surface area contributed by atoms with Crippen molar-refractivity contribution in [1.29, 1.82) is 0 Å². The Balaban J connectivity index is 1.88. The van der Waals surface area contributed by atoms with Gasteiger partial charge in [0.05, 0.1) is 17.6 Å². The smallest absolute Gasteiger partial charge is 0.289 e. The number of nitrogens with one attached hydrogen (secondary N) is 1. The summed E-state index contributed by atoms with van der Waals surface area (Å²) >= 11 is 5.71. The lowest BCUT2D eigenvalue weighted by molar-refractivity contribution is -0.384. The minimum atomic E-state index is -0.601. The van der Waals surface area contributed by atoms with Gasteiger partial charge in [0, 0.05) is 18.3 Å². The number of aliphatic hydroxyl groups is 1. The number of nitro groups is 1. The Morgan fingerprint density at radius 2 is 2.27 bits per heavy atom. The number of anilines is 1. The van der Waals surface area contributed by atoms with E-state index < -0.39 is 11.0 Å². The van der Waals surface area contributed by atoms with Crippen LogP contribution in [0, 0.1) is 16.0 Å². The summed E-state index contributed by atoms with van der Waals surface area (Å²) in [5.41, 5.74) is 0.0641. The fourth-order valence-electron chi connectivity index (χ4n) is 2.19. The second-order valence-electron chi connectivity index (χ2n) is 5.57. The first kappa shape index (κ1) is 16.7. The highest BCUT2D eigenvalue weighted by Gasteiger charge is 2.30. The molecule has 7 nitrogen and oxygen atoms in total. The van der Waals surface area contributed by atoms with Crippen molar-refractivity contribution in [2.24, 2.45) is 5.92 Å². The number of nitrogens with zero attached hydrogens (tertiary/aromatic N) is 2. The van der Waals surface area contributed by atoms with Crippen LogP contribution in [0.5, 0.6) is 0 Å². The molecule has 2 rings (SSSR count). The Bertz CT molecular complexity index is 577. The van der Waals surface area contributed by atoms with Crippen molar-refractivity contribution in [1.82, 2.24) is 4.90 Å². The van der Waals surface area contributed by atoms with Crippen LogP contribution in [0.4, 0.5) is 11.4 Å². The fourth-order valence-corrected chi connectivity index (χ4v) is 2.38. The number of amides is 1. The van der Waals surface area contributed by atoms with E-state index in [1.54, 1.807) is 11.9 Å². The quantitative estimate of drug-likeness (QED) is 0.589. The highest BCUT2D eigenvalue weighted by molar-refractivity contribution is 6.32. The van der Waals surface area contributed by atoms with Gasteiger partial charge < -0.3 is 10.4 Å². The van der Waals surface area contributed by atoms with Gasteiger partial charge in [-0.3, -0.25) is 19.8 Å². The zero-order valence-electron chi connectivity index (χ0n) is 12.2. The number of halogens is 1. The summed E-state index contributed by atoms with van der Waals surface area (Å²) in [4.78, 5) is 23.8. The lowest BCUT2D eigenvalue weighted by Gasteiger charge is -2.19. The number of hydrogen-bond donors (Lipinski definition) is 2. The molecule has 2 N–H and O–H groups in total. The van der Waals surface area contributed by atoms with E-state index in [1.807, 2.05) is 0 Å². The molecule has 1 aliphatic rings. The van der Waals surface area contributed by atoms with E-state index >= 15 is 0 Å². The molecule has 8 heteroatoms. The molecule has 0 bridgehead atoms. The van der Waals surface area contributed by atoms with Crippen molar-refractivity contribution in [3.05, 3.63) is 33.3 Å². The Labute approximate surface area is 133 Å². The van der Waals surface area contributed by atoms with Crippen molar-refractivity contribution in [3.8, 4) is 0 Å². The molecule has 1 aromatic carbocycles. The molecule has 0 aromatic heterocycles. The minimum Gasteiger partial charge on any atom is -0.392 e. The maximum absolute atomic E-state index is 11.9. The molecule has 0 spiro atoms. The van der Waals surface area contributed by atoms with Gasteiger partial charge >= 0.3 is 0 Å². The molecule has 1 atom stereocenters. The maximum Gasteiger partial charge on any atom is 0.289 e. The van der Waals surface area contributed by atoms with Gasteiger partial charge in [0.25, 0.3) is 5.69 Å². The molecule has 0 saturated heterocycles. The van der Waals surface area contributed by atoms with Crippen LogP contribution in [0.2, 0.25) is 5.02 Å². The van der Waals surface area contributed by atoms with Gasteiger partial charge in [0.1, 0.15) is 5.02 Å². The van der Waals surface area contributed by atoms with Gasteiger partial charge in [-0.1, -0.05) is 11.6 Å². The zero-order valence-corrected chi connectivity index (χ0v) is 12.9. The number of nitro benzene ring substituents is 1. The normalized spacial score (nSPS) is 15.6. The van der Waals surface area contributed by atoms with E-state index in [2.05, 4.69) is 5.32 Å². The second-order valence-corrected chi connectivity index (χ2v) is 5.98. The van der Waals surface area contributed by atoms with Gasteiger partial charge in [0.15, 0.2) is 0 Å². The molecule has 22 heavy (non-hydrogen) atoms. The lowest BCUT2D eigenvalue weighted by Crippen LogP contribution is -2.36. The molecule has 1 saturated carbocycles. The number of rotatable bonds is 7. The topological polar surface area (TPSA) is 95.7 Å². The van der Waals surface area contributed by atoms with Crippen LogP contribution in [0.25, 0.3) is 0 Å². The Hall–Kier alpha value is -1.70. The SMILES string of the molecule is CN(CC(=O)Nc1ccc(Cl)c([N+](=O)[O-])c1)CC(O)C1CC1. The van der Waals surface area contributed by atoms with E-state index in [9.17, 15) is 20.0 Å². The largest absolute Gasteiger partial charge is 0.392 e.